The lowest BCUT2D eigenvalue weighted by atomic mass is 10.0. The highest BCUT2D eigenvalue weighted by Crippen LogP contribution is 2.31. The summed E-state index contributed by atoms with van der Waals surface area (Å²) in [5.74, 6) is 1.65. The summed E-state index contributed by atoms with van der Waals surface area (Å²) in [6.07, 6.45) is 1.73. The molecule has 1 N–H and O–H groups in total. The minimum absolute atomic E-state index is 0.00745. The maximum Gasteiger partial charge on any atom is 0.161 e. The Bertz CT molecular complexity index is 593. The highest BCUT2D eigenvalue weighted by atomic mass is 16.5. The van der Waals surface area contributed by atoms with Gasteiger partial charge in [0.2, 0.25) is 0 Å². The van der Waals surface area contributed by atoms with Crippen LogP contribution in [0.1, 0.15) is 22.9 Å². The van der Waals surface area contributed by atoms with Crippen LogP contribution in [0.2, 0.25) is 0 Å². The van der Waals surface area contributed by atoms with Crippen molar-refractivity contribution in [1.29, 1.82) is 0 Å². The lowest BCUT2D eigenvalue weighted by Crippen LogP contribution is -2.21. The van der Waals surface area contributed by atoms with Crippen molar-refractivity contribution in [3.05, 3.63) is 41.2 Å². The molecule has 1 unspecified atom stereocenters. The van der Waals surface area contributed by atoms with Crippen molar-refractivity contribution in [3.8, 4) is 11.5 Å². The van der Waals surface area contributed by atoms with E-state index in [9.17, 15) is 0 Å². The first-order valence-electron chi connectivity index (χ1n) is 6.50. The van der Waals surface area contributed by atoms with Gasteiger partial charge in [-0.25, -0.2) is 0 Å². The van der Waals surface area contributed by atoms with E-state index in [4.69, 9.17) is 9.47 Å². The molecule has 0 bridgehead atoms. The molecule has 1 aromatic heterocycles. The van der Waals surface area contributed by atoms with Gasteiger partial charge in [0.15, 0.2) is 5.75 Å². The van der Waals surface area contributed by atoms with Crippen molar-refractivity contribution in [2.24, 2.45) is 7.05 Å². The number of nitrogens with zero attached hydrogens (tertiary/aromatic N) is 2. The van der Waals surface area contributed by atoms with Gasteiger partial charge >= 0.3 is 0 Å². The van der Waals surface area contributed by atoms with Gasteiger partial charge in [-0.05, 0) is 31.2 Å². The van der Waals surface area contributed by atoms with Crippen molar-refractivity contribution < 1.29 is 9.47 Å². The van der Waals surface area contributed by atoms with Crippen LogP contribution in [0.25, 0.3) is 0 Å². The average molecular weight is 275 g/mol. The number of aromatic nitrogens is 2. The first-order chi connectivity index (χ1) is 9.62. The molecule has 0 aliphatic rings. The normalized spacial score (nSPS) is 12.2. The molecule has 5 heteroatoms. The number of hydrogen-bond donors (Lipinski definition) is 1. The summed E-state index contributed by atoms with van der Waals surface area (Å²) in [5, 5.41) is 7.57. The highest BCUT2D eigenvalue weighted by molar-refractivity contribution is 5.42. The molecular formula is C15H21N3O2. The van der Waals surface area contributed by atoms with E-state index in [0.29, 0.717) is 0 Å². The molecule has 2 rings (SSSR count). The van der Waals surface area contributed by atoms with Gasteiger partial charge in [-0.1, -0.05) is 12.1 Å². The summed E-state index contributed by atoms with van der Waals surface area (Å²) < 4.78 is 12.6. The number of ether oxygens (including phenoxy) is 2. The van der Waals surface area contributed by atoms with Crippen LogP contribution in [-0.4, -0.2) is 31.0 Å². The molecule has 0 spiro atoms. The average Bonchev–Trinajstić information content (AvgIpc) is 2.83. The van der Waals surface area contributed by atoms with E-state index in [-0.39, 0.29) is 6.04 Å². The van der Waals surface area contributed by atoms with E-state index in [0.717, 1.165) is 28.3 Å². The Morgan fingerprint density at radius 3 is 2.50 bits per heavy atom. The van der Waals surface area contributed by atoms with Crippen molar-refractivity contribution >= 4 is 0 Å². The number of nitrogens with one attached hydrogen (secondary N) is 1. The monoisotopic (exact) mass is 275 g/mol. The third-order valence-corrected chi connectivity index (χ3v) is 3.50. The minimum Gasteiger partial charge on any atom is -0.496 e. The third kappa shape index (κ3) is 2.49. The zero-order chi connectivity index (χ0) is 14.7. The molecule has 0 aliphatic carbocycles. The van der Waals surface area contributed by atoms with Crippen LogP contribution >= 0.6 is 0 Å². The highest BCUT2D eigenvalue weighted by Gasteiger charge is 2.21. The fraction of sp³-hybridized carbons (Fsp3) is 0.400. The Morgan fingerprint density at radius 2 is 1.90 bits per heavy atom. The summed E-state index contributed by atoms with van der Waals surface area (Å²) in [6.45, 7) is 2.03. The van der Waals surface area contributed by atoms with Crippen molar-refractivity contribution in [3.63, 3.8) is 0 Å². The largest absolute Gasteiger partial charge is 0.496 e. The molecule has 1 aromatic carbocycles. The van der Waals surface area contributed by atoms with Crippen molar-refractivity contribution in [1.82, 2.24) is 15.1 Å². The van der Waals surface area contributed by atoms with E-state index < -0.39 is 0 Å². The van der Waals surface area contributed by atoms with Gasteiger partial charge in [-0.15, -0.1) is 0 Å². The number of rotatable bonds is 5. The Balaban J connectivity index is 2.49. The molecule has 0 saturated heterocycles. The van der Waals surface area contributed by atoms with Gasteiger partial charge in [0.1, 0.15) is 11.4 Å². The molecule has 0 radical (unpaired) electrons. The quantitative estimate of drug-likeness (QED) is 0.907. The fourth-order valence-corrected chi connectivity index (χ4v) is 2.39. The van der Waals surface area contributed by atoms with Crippen LogP contribution in [0, 0.1) is 6.92 Å². The predicted molar refractivity (Wildman–Crippen MR) is 78.4 cm³/mol. The predicted octanol–water partition coefficient (Wildman–Crippen LogP) is 2.05. The first kappa shape index (κ1) is 14.4. The van der Waals surface area contributed by atoms with Crippen molar-refractivity contribution in [2.75, 3.05) is 21.3 Å². The Morgan fingerprint density at radius 1 is 1.20 bits per heavy atom. The van der Waals surface area contributed by atoms with E-state index in [1.54, 1.807) is 20.4 Å². The topological polar surface area (TPSA) is 48.3 Å². The lowest BCUT2D eigenvalue weighted by Gasteiger charge is -2.19. The van der Waals surface area contributed by atoms with Gasteiger partial charge in [0, 0.05) is 7.05 Å². The zero-order valence-corrected chi connectivity index (χ0v) is 12.6. The number of hydrogen-bond acceptors (Lipinski definition) is 4. The van der Waals surface area contributed by atoms with E-state index in [2.05, 4.69) is 22.5 Å². The number of aryl methyl sites for hydroxylation is 2. The summed E-state index contributed by atoms with van der Waals surface area (Å²) >= 11 is 0. The maximum atomic E-state index is 5.40. The number of benzene rings is 1. The smallest absolute Gasteiger partial charge is 0.161 e. The van der Waals surface area contributed by atoms with Crippen LogP contribution in [0.3, 0.4) is 0 Å². The second-order valence-electron chi connectivity index (χ2n) is 4.67. The zero-order valence-electron chi connectivity index (χ0n) is 12.6. The lowest BCUT2D eigenvalue weighted by molar-refractivity contribution is 0.401. The summed E-state index contributed by atoms with van der Waals surface area (Å²) in [6, 6.07) is 6.18. The van der Waals surface area contributed by atoms with E-state index in [1.807, 2.05) is 31.8 Å². The minimum atomic E-state index is -0.00745. The van der Waals surface area contributed by atoms with Crippen LogP contribution in [0.5, 0.6) is 11.5 Å². The van der Waals surface area contributed by atoms with Crippen LogP contribution in [0.15, 0.2) is 24.4 Å². The molecular weight excluding hydrogens is 254 g/mol. The number of methoxy groups -OCH3 is 2. The summed E-state index contributed by atoms with van der Waals surface area (Å²) in [5.41, 5.74) is 3.21. The Hall–Kier alpha value is -2.01. The molecule has 1 atom stereocenters. The van der Waals surface area contributed by atoms with E-state index >= 15 is 0 Å². The molecule has 0 saturated carbocycles. The van der Waals surface area contributed by atoms with Gasteiger partial charge in [0.05, 0.1) is 26.5 Å². The molecule has 5 nitrogen and oxygen atoms in total. The SMILES string of the molecule is CNC(c1ccc(C)c(OC)c1)c1c(OC)cnn1C. The molecule has 0 aliphatic heterocycles. The standard InChI is InChI=1S/C15H21N3O2/c1-10-6-7-11(8-12(10)19-4)14(16-2)15-13(20-5)9-17-18(15)3/h6-9,14,16H,1-5H3. The summed E-state index contributed by atoms with van der Waals surface area (Å²) in [4.78, 5) is 0. The van der Waals surface area contributed by atoms with Gasteiger partial charge in [-0.3, -0.25) is 4.68 Å². The van der Waals surface area contributed by atoms with Gasteiger partial charge < -0.3 is 14.8 Å². The van der Waals surface area contributed by atoms with Crippen LogP contribution in [0.4, 0.5) is 0 Å². The molecule has 1 heterocycles. The van der Waals surface area contributed by atoms with Gasteiger partial charge in [-0.2, -0.15) is 5.10 Å². The molecule has 2 aromatic rings. The fourth-order valence-electron chi connectivity index (χ4n) is 2.39. The van der Waals surface area contributed by atoms with Gasteiger partial charge in [0.25, 0.3) is 0 Å². The molecule has 0 fully saturated rings. The van der Waals surface area contributed by atoms with Crippen LogP contribution < -0.4 is 14.8 Å². The first-order valence-corrected chi connectivity index (χ1v) is 6.50. The third-order valence-electron chi connectivity index (χ3n) is 3.50. The maximum absolute atomic E-state index is 5.40. The van der Waals surface area contributed by atoms with Crippen LogP contribution in [-0.2, 0) is 7.05 Å². The second-order valence-corrected chi connectivity index (χ2v) is 4.67. The van der Waals surface area contributed by atoms with Crippen molar-refractivity contribution in [2.45, 2.75) is 13.0 Å². The molecule has 20 heavy (non-hydrogen) atoms. The van der Waals surface area contributed by atoms with E-state index in [1.165, 1.54) is 0 Å². The Kier molecular flexibility index (Phi) is 4.29. The molecule has 0 amide bonds. The molecule has 108 valence electrons. The Labute approximate surface area is 119 Å². The second kappa shape index (κ2) is 5.96. The summed E-state index contributed by atoms with van der Waals surface area (Å²) in [7, 11) is 7.17.